The molecule has 0 N–H and O–H groups in total. The molecule has 1 aromatic rings. The quantitative estimate of drug-likeness (QED) is 0.792. The number of ether oxygens (including phenoxy) is 4. The lowest BCUT2D eigenvalue weighted by atomic mass is 10.2. The van der Waals surface area contributed by atoms with Crippen molar-refractivity contribution in [2.45, 2.75) is 31.5 Å². The Labute approximate surface area is 120 Å². The summed E-state index contributed by atoms with van der Waals surface area (Å²) in [5, 5.41) is 0. The molecule has 1 unspecified atom stereocenters. The number of methoxy groups -OCH3 is 1. The first kappa shape index (κ1) is 16.7. The summed E-state index contributed by atoms with van der Waals surface area (Å²) in [5.74, 6) is -0.0457. The number of fused-ring (bicyclic) bond motifs is 1. The molecule has 10 heteroatoms. The van der Waals surface area contributed by atoms with Gasteiger partial charge in [-0.3, -0.25) is 4.74 Å². The lowest BCUT2D eigenvalue weighted by molar-refractivity contribution is -0.364. The number of rotatable bonds is 4. The molecular formula is C12H10F6O4. The fraction of sp³-hybridized carbons (Fsp3) is 0.500. The zero-order valence-electron chi connectivity index (χ0n) is 11.0. The van der Waals surface area contributed by atoms with Gasteiger partial charge < -0.3 is 14.2 Å². The minimum absolute atomic E-state index is 0.0204. The Balaban J connectivity index is 2.10. The Morgan fingerprint density at radius 1 is 1.05 bits per heavy atom. The Bertz CT molecular complexity index is 513. The van der Waals surface area contributed by atoms with E-state index in [1.54, 1.807) is 0 Å². The Morgan fingerprint density at radius 2 is 1.64 bits per heavy atom. The highest BCUT2D eigenvalue weighted by molar-refractivity contribution is 5.44. The molecule has 0 aliphatic carbocycles. The monoisotopic (exact) mass is 332 g/mol. The van der Waals surface area contributed by atoms with E-state index in [-0.39, 0.29) is 18.1 Å². The molecule has 1 aliphatic heterocycles. The maximum absolute atomic E-state index is 12.4. The molecule has 0 radical (unpaired) electrons. The van der Waals surface area contributed by atoms with Crippen LogP contribution >= 0.6 is 0 Å². The summed E-state index contributed by atoms with van der Waals surface area (Å²) in [6.45, 7) is -1.95. The van der Waals surface area contributed by atoms with Gasteiger partial charge in [-0.25, -0.2) is 0 Å². The van der Waals surface area contributed by atoms with Gasteiger partial charge in [-0.2, -0.15) is 26.3 Å². The molecule has 0 bridgehead atoms. The summed E-state index contributed by atoms with van der Waals surface area (Å²) in [5.41, 5.74) is 0.605. The third-order valence-electron chi connectivity index (χ3n) is 2.61. The van der Waals surface area contributed by atoms with Crippen LogP contribution in [0.4, 0.5) is 26.3 Å². The number of alkyl halides is 6. The van der Waals surface area contributed by atoms with Crippen molar-refractivity contribution in [3.8, 4) is 11.5 Å². The van der Waals surface area contributed by atoms with Crippen molar-refractivity contribution >= 4 is 0 Å². The van der Waals surface area contributed by atoms with Crippen LogP contribution in [-0.4, -0.2) is 32.0 Å². The van der Waals surface area contributed by atoms with Gasteiger partial charge in [0.25, 0.3) is 6.10 Å². The van der Waals surface area contributed by atoms with Crippen molar-refractivity contribution in [1.29, 1.82) is 0 Å². The first-order chi connectivity index (χ1) is 10.1. The summed E-state index contributed by atoms with van der Waals surface area (Å²) in [6.07, 6.45) is -15.3. The second kappa shape index (κ2) is 5.84. The van der Waals surface area contributed by atoms with E-state index in [1.165, 1.54) is 25.3 Å². The van der Waals surface area contributed by atoms with Gasteiger partial charge in [0.2, 0.25) is 0 Å². The van der Waals surface area contributed by atoms with E-state index in [2.05, 4.69) is 4.74 Å². The van der Waals surface area contributed by atoms with Crippen LogP contribution in [-0.2, 0) is 16.1 Å². The molecule has 1 heterocycles. The summed E-state index contributed by atoms with van der Waals surface area (Å²) >= 11 is 0. The molecular weight excluding hydrogens is 322 g/mol. The summed E-state index contributed by atoms with van der Waals surface area (Å²) < 4.78 is 92.7. The molecule has 0 saturated carbocycles. The Kier molecular flexibility index (Phi) is 4.43. The molecule has 0 amide bonds. The summed E-state index contributed by atoms with van der Waals surface area (Å²) in [7, 11) is 1.42. The predicted octanol–water partition coefficient (Wildman–Crippen LogP) is 3.40. The molecule has 4 nitrogen and oxygen atoms in total. The fourth-order valence-electron chi connectivity index (χ4n) is 1.74. The number of benzene rings is 1. The SMILES string of the molecule is COCc1ccc2c(c1)OC(OC(C(F)(F)F)C(F)(F)F)O2. The smallest absolute Gasteiger partial charge is 0.423 e. The van der Waals surface area contributed by atoms with Gasteiger partial charge in [0.05, 0.1) is 6.61 Å². The van der Waals surface area contributed by atoms with E-state index in [4.69, 9.17) is 14.2 Å². The summed E-state index contributed by atoms with van der Waals surface area (Å²) in [4.78, 5) is 0. The third-order valence-corrected chi connectivity index (χ3v) is 2.61. The molecule has 0 fully saturated rings. The van der Waals surface area contributed by atoms with Crippen LogP contribution in [0.25, 0.3) is 0 Å². The van der Waals surface area contributed by atoms with Crippen molar-refractivity contribution < 1.29 is 45.3 Å². The van der Waals surface area contributed by atoms with Gasteiger partial charge >= 0.3 is 18.8 Å². The second-order valence-electron chi connectivity index (χ2n) is 4.34. The van der Waals surface area contributed by atoms with Crippen LogP contribution in [0.15, 0.2) is 18.2 Å². The predicted molar refractivity (Wildman–Crippen MR) is 59.2 cm³/mol. The normalized spacial score (nSPS) is 18.1. The standard InChI is InChI=1S/C12H10F6O4/c1-19-5-6-2-3-7-8(4-6)21-10(20-7)22-9(11(13,14)15)12(16,17)18/h2-4,9-10H,5H2,1H3. The van der Waals surface area contributed by atoms with E-state index in [9.17, 15) is 26.3 Å². The molecule has 1 aliphatic rings. The minimum Gasteiger partial charge on any atom is -0.428 e. The van der Waals surface area contributed by atoms with Gasteiger partial charge in [0, 0.05) is 7.11 Å². The third kappa shape index (κ3) is 3.74. The maximum Gasteiger partial charge on any atom is 0.423 e. The molecule has 0 spiro atoms. The van der Waals surface area contributed by atoms with Crippen LogP contribution in [0.2, 0.25) is 0 Å². The lowest BCUT2D eigenvalue weighted by Crippen LogP contribution is -2.47. The van der Waals surface area contributed by atoms with Gasteiger partial charge in [-0.05, 0) is 17.7 Å². The second-order valence-corrected chi connectivity index (χ2v) is 4.34. The highest BCUT2D eigenvalue weighted by atomic mass is 19.4. The molecule has 0 saturated heterocycles. The average molecular weight is 332 g/mol. The van der Waals surface area contributed by atoms with Crippen molar-refractivity contribution in [3.05, 3.63) is 23.8 Å². The van der Waals surface area contributed by atoms with Crippen LogP contribution in [0.3, 0.4) is 0 Å². The van der Waals surface area contributed by atoms with Gasteiger partial charge in [-0.15, -0.1) is 0 Å². The Hall–Kier alpha value is -1.68. The van der Waals surface area contributed by atoms with E-state index in [1.807, 2.05) is 0 Å². The molecule has 0 aromatic heterocycles. The first-order valence-corrected chi connectivity index (χ1v) is 5.85. The van der Waals surface area contributed by atoms with Crippen LogP contribution in [0, 0.1) is 0 Å². The lowest BCUT2D eigenvalue weighted by Gasteiger charge is -2.24. The molecule has 22 heavy (non-hydrogen) atoms. The van der Waals surface area contributed by atoms with Crippen molar-refractivity contribution in [1.82, 2.24) is 0 Å². The minimum atomic E-state index is -5.64. The highest BCUT2D eigenvalue weighted by Gasteiger charge is 2.59. The number of hydrogen-bond acceptors (Lipinski definition) is 4. The zero-order chi connectivity index (χ0) is 16.5. The van der Waals surface area contributed by atoms with Crippen molar-refractivity contribution in [3.63, 3.8) is 0 Å². The van der Waals surface area contributed by atoms with Crippen LogP contribution in [0.1, 0.15) is 5.56 Å². The van der Waals surface area contributed by atoms with Crippen LogP contribution < -0.4 is 9.47 Å². The molecule has 1 aromatic carbocycles. The largest absolute Gasteiger partial charge is 0.428 e. The van der Waals surface area contributed by atoms with E-state index in [0.29, 0.717) is 5.56 Å². The Morgan fingerprint density at radius 3 is 2.18 bits per heavy atom. The molecule has 1 atom stereocenters. The van der Waals surface area contributed by atoms with Gasteiger partial charge in [-0.1, -0.05) is 6.07 Å². The number of halogens is 6. The van der Waals surface area contributed by atoms with E-state index in [0.717, 1.165) is 0 Å². The van der Waals surface area contributed by atoms with Crippen molar-refractivity contribution in [2.24, 2.45) is 0 Å². The van der Waals surface area contributed by atoms with E-state index >= 15 is 0 Å². The topological polar surface area (TPSA) is 36.9 Å². The highest BCUT2D eigenvalue weighted by Crippen LogP contribution is 2.40. The van der Waals surface area contributed by atoms with Crippen molar-refractivity contribution in [2.75, 3.05) is 7.11 Å². The average Bonchev–Trinajstić information content (AvgIpc) is 2.75. The maximum atomic E-state index is 12.4. The van der Waals surface area contributed by atoms with Crippen LogP contribution in [0.5, 0.6) is 11.5 Å². The molecule has 124 valence electrons. The van der Waals surface area contributed by atoms with Gasteiger partial charge in [0.1, 0.15) is 0 Å². The number of hydrogen-bond donors (Lipinski definition) is 0. The fourth-order valence-corrected chi connectivity index (χ4v) is 1.74. The van der Waals surface area contributed by atoms with E-state index < -0.39 is 24.9 Å². The molecule has 2 rings (SSSR count). The first-order valence-electron chi connectivity index (χ1n) is 5.85. The zero-order valence-corrected chi connectivity index (χ0v) is 11.0. The van der Waals surface area contributed by atoms with Gasteiger partial charge in [0.15, 0.2) is 11.5 Å². The summed E-state index contributed by atoms with van der Waals surface area (Å²) in [6, 6.07) is 4.24.